The van der Waals surface area contributed by atoms with Gasteiger partial charge in [-0.05, 0) is 56.0 Å². The first kappa shape index (κ1) is 15.5. The van der Waals surface area contributed by atoms with Gasteiger partial charge in [-0.2, -0.15) is 0 Å². The number of hydrogen-bond acceptors (Lipinski definition) is 2. The molecule has 2 unspecified atom stereocenters. The summed E-state index contributed by atoms with van der Waals surface area (Å²) in [6.07, 6.45) is 6.43. The molecule has 2 nitrogen and oxygen atoms in total. The van der Waals surface area contributed by atoms with E-state index < -0.39 is 0 Å². The topological polar surface area (TPSA) is 21.3 Å². The van der Waals surface area contributed by atoms with Crippen LogP contribution >= 0.6 is 0 Å². The SMILES string of the molecule is CNC(c1cc(C)cc(F)c1)C(OC)C1CCCCC1. The van der Waals surface area contributed by atoms with Crippen LogP contribution in [-0.4, -0.2) is 20.3 Å². The molecule has 0 aromatic heterocycles. The fourth-order valence-electron chi connectivity index (χ4n) is 3.53. The Bertz CT molecular complexity index is 409. The normalized spacial score (nSPS) is 19.8. The third-order valence-corrected chi connectivity index (χ3v) is 4.45. The van der Waals surface area contributed by atoms with Crippen LogP contribution in [0.3, 0.4) is 0 Å². The number of ether oxygens (including phenoxy) is 1. The second-order valence-corrected chi connectivity index (χ2v) is 5.93. The van der Waals surface area contributed by atoms with E-state index >= 15 is 0 Å². The molecule has 1 N–H and O–H groups in total. The number of methoxy groups -OCH3 is 1. The molecule has 2 rings (SSSR count). The van der Waals surface area contributed by atoms with Gasteiger partial charge in [0.2, 0.25) is 0 Å². The summed E-state index contributed by atoms with van der Waals surface area (Å²) in [5, 5.41) is 3.33. The summed E-state index contributed by atoms with van der Waals surface area (Å²) in [4.78, 5) is 0. The molecule has 1 aliphatic rings. The van der Waals surface area contributed by atoms with Gasteiger partial charge in [0.15, 0.2) is 0 Å². The monoisotopic (exact) mass is 279 g/mol. The van der Waals surface area contributed by atoms with E-state index in [4.69, 9.17) is 4.74 Å². The molecule has 0 spiro atoms. The van der Waals surface area contributed by atoms with E-state index in [1.165, 1.54) is 32.1 Å². The van der Waals surface area contributed by atoms with Crippen molar-refractivity contribution in [3.05, 3.63) is 35.1 Å². The third kappa shape index (κ3) is 3.58. The van der Waals surface area contributed by atoms with E-state index in [-0.39, 0.29) is 18.0 Å². The zero-order valence-electron chi connectivity index (χ0n) is 12.8. The molecule has 20 heavy (non-hydrogen) atoms. The molecule has 0 aliphatic heterocycles. The third-order valence-electron chi connectivity index (χ3n) is 4.45. The molecule has 0 heterocycles. The minimum absolute atomic E-state index is 0.0532. The molecular formula is C17H26FNO. The van der Waals surface area contributed by atoms with Crippen molar-refractivity contribution >= 4 is 0 Å². The van der Waals surface area contributed by atoms with Crippen molar-refractivity contribution in [2.75, 3.05) is 14.2 Å². The van der Waals surface area contributed by atoms with E-state index in [1.807, 2.05) is 14.0 Å². The van der Waals surface area contributed by atoms with E-state index in [1.54, 1.807) is 19.2 Å². The van der Waals surface area contributed by atoms with Gasteiger partial charge in [0, 0.05) is 7.11 Å². The van der Waals surface area contributed by atoms with Gasteiger partial charge in [-0.15, -0.1) is 0 Å². The van der Waals surface area contributed by atoms with Gasteiger partial charge in [-0.3, -0.25) is 0 Å². The molecular weight excluding hydrogens is 253 g/mol. The lowest BCUT2D eigenvalue weighted by Crippen LogP contribution is -2.37. The highest BCUT2D eigenvalue weighted by molar-refractivity contribution is 5.27. The Morgan fingerprint density at radius 1 is 1.20 bits per heavy atom. The molecule has 0 radical (unpaired) electrons. The van der Waals surface area contributed by atoms with Crippen molar-refractivity contribution < 1.29 is 9.13 Å². The van der Waals surface area contributed by atoms with E-state index in [9.17, 15) is 4.39 Å². The first-order valence-corrected chi connectivity index (χ1v) is 7.63. The summed E-state index contributed by atoms with van der Waals surface area (Å²) in [6, 6.07) is 5.30. The summed E-state index contributed by atoms with van der Waals surface area (Å²) in [7, 11) is 3.70. The van der Waals surface area contributed by atoms with Crippen LogP contribution in [0.2, 0.25) is 0 Å². The van der Waals surface area contributed by atoms with E-state index in [0.717, 1.165) is 11.1 Å². The van der Waals surface area contributed by atoms with Gasteiger partial charge >= 0.3 is 0 Å². The highest BCUT2D eigenvalue weighted by atomic mass is 19.1. The van der Waals surface area contributed by atoms with Crippen molar-refractivity contribution in [2.24, 2.45) is 5.92 Å². The zero-order chi connectivity index (χ0) is 14.5. The van der Waals surface area contributed by atoms with Crippen molar-refractivity contribution in [3.63, 3.8) is 0 Å². The first-order valence-electron chi connectivity index (χ1n) is 7.63. The van der Waals surface area contributed by atoms with Crippen LogP contribution in [0.25, 0.3) is 0 Å². The summed E-state index contributed by atoms with van der Waals surface area (Å²) in [5.41, 5.74) is 1.95. The average molecular weight is 279 g/mol. The minimum Gasteiger partial charge on any atom is -0.379 e. The lowest BCUT2D eigenvalue weighted by Gasteiger charge is -2.35. The molecule has 0 bridgehead atoms. The second-order valence-electron chi connectivity index (χ2n) is 5.93. The largest absolute Gasteiger partial charge is 0.379 e. The Kier molecular flexibility index (Phi) is 5.55. The van der Waals surface area contributed by atoms with Crippen LogP contribution < -0.4 is 5.32 Å². The maximum atomic E-state index is 13.7. The van der Waals surface area contributed by atoms with Gasteiger partial charge in [-0.1, -0.05) is 25.3 Å². The van der Waals surface area contributed by atoms with Crippen LogP contribution in [0.5, 0.6) is 0 Å². The molecule has 1 saturated carbocycles. The number of aryl methyl sites for hydroxylation is 1. The molecule has 2 atom stereocenters. The van der Waals surface area contributed by atoms with Crippen LogP contribution in [0.4, 0.5) is 4.39 Å². The van der Waals surface area contributed by atoms with Gasteiger partial charge in [0.05, 0.1) is 12.1 Å². The molecule has 112 valence electrons. The van der Waals surface area contributed by atoms with Gasteiger partial charge in [-0.25, -0.2) is 4.39 Å². The number of benzene rings is 1. The fraction of sp³-hybridized carbons (Fsp3) is 0.647. The van der Waals surface area contributed by atoms with Gasteiger partial charge in [0.1, 0.15) is 5.82 Å². The lowest BCUT2D eigenvalue weighted by molar-refractivity contribution is 0.00934. The van der Waals surface area contributed by atoms with Crippen molar-refractivity contribution in [1.82, 2.24) is 5.32 Å². The van der Waals surface area contributed by atoms with Gasteiger partial charge in [0.25, 0.3) is 0 Å². The van der Waals surface area contributed by atoms with Crippen molar-refractivity contribution in [1.29, 1.82) is 0 Å². The molecule has 1 aromatic carbocycles. The predicted molar refractivity (Wildman–Crippen MR) is 80.3 cm³/mol. The van der Waals surface area contributed by atoms with E-state index in [2.05, 4.69) is 11.4 Å². The maximum absolute atomic E-state index is 13.7. The maximum Gasteiger partial charge on any atom is 0.123 e. The standard InChI is InChI=1S/C17H26FNO/c1-12-9-14(11-15(18)10-12)16(19-2)17(20-3)13-7-5-4-6-8-13/h9-11,13,16-17,19H,4-8H2,1-3H3. The van der Waals surface area contributed by atoms with Crippen molar-refractivity contribution in [3.8, 4) is 0 Å². The molecule has 0 saturated heterocycles. The Hall–Kier alpha value is -0.930. The van der Waals surface area contributed by atoms with Crippen LogP contribution in [0.15, 0.2) is 18.2 Å². The molecule has 1 aliphatic carbocycles. The number of likely N-dealkylation sites (N-methyl/N-ethyl adjacent to an activating group) is 1. The minimum atomic E-state index is -0.168. The molecule has 1 fully saturated rings. The first-order chi connectivity index (χ1) is 9.65. The summed E-state index contributed by atoms with van der Waals surface area (Å²) in [6.45, 7) is 1.93. The molecule has 3 heteroatoms. The highest BCUT2D eigenvalue weighted by Gasteiger charge is 2.31. The van der Waals surface area contributed by atoms with Crippen LogP contribution in [-0.2, 0) is 4.74 Å². The Balaban J connectivity index is 2.23. The summed E-state index contributed by atoms with van der Waals surface area (Å²) < 4.78 is 19.5. The van der Waals surface area contributed by atoms with Crippen LogP contribution in [0, 0.1) is 18.7 Å². The number of nitrogens with one attached hydrogen (secondary N) is 1. The fourth-order valence-corrected chi connectivity index (χ4v) is 3.53. The highest BCUT2D eigenvalue weighted by Crippen LogP contribution is 2.34. The lowest BCUT2D eigenvalue weighted by atomic mass is 9.81. The van der Waals surface area contributed by atoms with Crippen molar-refractivity contribution in [2.45, 2.75) is 51.2 Å². The average Bonchev–Trinajstić information content (AvgIpc) is 2.44. The van der Waals surface area contributed by atoms with Crippen LogP contribution in [0.1, 0.15) is 49.3 Å². The van der Waals surface area contributed by atoms with Gasteiger partial charge < -0.3 is 10.1 Å². The Morgan fingerprint density at radius 3 is 2.45 bits per heavy atom. The summed E-state index contributed by atoms with van der Waals surface area (Å²) in [5.74, 6) is 0.397. The van der Waals surface area contributed by atoms with E-state index in [0.29, 0.717) is 5.92 Å². The predicted octanol–water partition coefficient (Wildman–Crippen LogP) is 3.99. The number of hydrogen-bond donors (Lipinski definition) is 1. The molecule has 0 amide bonds. The smallest absolute Gasteiger partial charge is 0.123 e. The Morgan fingerprint density at radius 2 is 1.90 bits per heavy atom. The number of halogens is 1. The Labute approximate surface area is 121 Å². The second kappa shape index (κ2) is 7.19. The molecule has 1 aromatic rings. The quantitative estimate of drug-likeness (QED) is 0.880. The number of rotatable bonds is 5. The zero-order valence-corrected chi connectivity index (χ0v) is 12.8. The summed E-state index contributed by atoms with van der Waals surface area (Å²) >= 11 is 0.